The molecule has 5 nitrogen and oxygen atoms in total. The lowest BCUT2D eigenvalue weighted by atomic mass is 9.93. The van der Waals surface area contributed by atoms with Gasteiger partial charge in [0.2, 0.25) is 0 Å². The number of hydrogen-bond donors (Lipinski definition) is 0. The number of fused-ring (bicyclic) bond motifs is 2. The average molecular weight is 504 g/mol. The monoisotopic (exact) mass is 503 g/mol. The number of esters is 1. The van der Waals surface area contributed by atoms with Crippen molar-refractivity contribution >= 4 is 5.97 Å². The molecule has 3 atom stereocenters. The minimum Gasteiger partial charge on any atom is -0.492 e. The molecule has 1 aliphatic carbocycles. The molecule has 2 aromatic rings. The molecule has 0 aromatic heterocycles. The maximum absolute atomic E-state index is 14.6. The van der Waals surface area contributed by atoms with Crippen LogP contribution >= 0.6 is 0 Å². The number of piperidine rings is 1. The van der Waals surface area contributed by atoms with Crippen LogP contribution in [0.5, 0.6) is 11.5 Å². The largest absolute Gasteiger partial charge is 0.492 e. The molecule has 0 spiro atoms. The molecule has 3 aliphatic rings. The summed E-state index contributed by atoms with van der Waals surface area (Å²) in [7, 11) is 1.37. The van der Waals surface area contributed by atoms with Crippen LogP contribution in [0.4, 0.5) is 13.2 Å². The number of methoxy groups -OCH3 is 1. The second-order valence-electron chi connectivity index (χ2n) is 9.91. The molecule has 36 heavy (non-hydrogen) atoms. The van der Waals surface area contributed by atoms with E-state index in [1.54, 1.807) is 6.07 Å². The van der Waals surface area contributed by atoms with Crippen molar-refractivity contribution in [2.45, 2.75) is 69.7 Å². The fourth-order valence-electron chi connectivity index (χ4n) is 5.75. The summed E-state index contributed by atoms with van der Waals surface area (Å²) in [6.07, 6.45) is -0.651. The molecule has 0 bridgehead atoms. The number of hydrogen-bond acceptors (Lipinski definition) is 5. The zero-order chi connectivity index (χ0) is 25.2. The molecule has 0 amide bonds. The standard InChI is InChI=1S/C28H32F3NO4/c1-34-26(33)13-17-16-35-25-14-18(5-6-19(17)25)36-24-10-9-20-21(24)7-8-22(27(29)28(30)31)23(20)15-32-11-3-2-4-12-32/h5-8,14,17,24,27-28H,2-4,9-13,15-16H2,1H3. The van der Waals surface area contributed by atoms with E-state index in [4.69, 9.17) is 14.2 Å². The molecular weight excluding hydrogens is 471 g/mol. The lowest BCUT2D eigenvalue weighted by molar-refractivity contribution is -0.141. The molecule has 2 aromatic carbocycles. The molecule has 8 heteroatoms. The normalized spacial score (nSPS) is 22.1. The van der Waals surface area contributed by atoms with Crippen LogP contribution in [-0.4, -0.2) is 44.1 Å². The summed E-state index contributed by atoms with van der Waals surface area (Å²) in [6, 6.07) is 8.91. The van der Waals surface area contributed by atoms with Crippen molar-refractivity contribution in [3.63, 3.8) is 0 Å². The van der Waals surface area contributed by atoms with Gasteiger partial charge in [0.05, 0.1) is 20.1 Å². The molecule has 2 aliphatic heterocycles. The Morgan fingerprint density at radius 2 is 1.89 bits per heavy atom. The van der Waals surface area contributed by atoms with Crippen molar-refractivity contribution in [3.8, 4) is 11.5 Å². The van der Waals surface area contributed by atoms with E-state index in [9.17, 15) is 18.0 Å². The fourth-order valence-corrected chi connectivity index (χ4v) is 5.75. The minimum absolute atomic E-state index is 0.0482. The van der Waals surface area contributed by atoms with Gasteiger partial charge < -0.3 is 14.2 Å². The van der Waals surface area contributed by atoms with E-state index >= 15 is 0 Å². The Morgan fingerprint density at radius 1 is 1.11 bits per heavy atom. The third-order valence-corrected chi connectivity index (χ3v) is 7.64. The van der Waals surface area contributed by atoms with Gasteiger partial charge in [0.1, 0.15) is 17.6 Å². The van der Waals surface area contributed by atoms with Crippen LogP contribution in [0.2, 0.25) is 0 Å². The predicted octanol–water partition coefficient (Wildman–Crippen LogP) is 6.05. The first kappa shape index (κ1) is 24.9. The quantitative estimate of drug-likeness (QED) is 0.410. The molecular formula is C28H32F3NO4. The summed E-state index contributed by atoms with van der Waals surface area (Å²) >= 11 is 0. The Bertz CT molecular complexity index is 1100. The number of carbonyl (C=O) groups is 1. The predicted molar refractivity (Wildman–Crippen MR) is 128 cm³/mol. The maximum Gasteiger partial charge on any atom is 0.306 e. The van der Waals surface area contributed by atoms with Crippen LogP contribution in [-0.2, 0) is 22.5 Å². The van der Waals surface area contributed by atoms with Crippen LogP contribution in [0.25, 0.3) is 0 Å². The van der Waals surface area contributed by atoms with E-state index in [-0.39, 0.29) is 30.0 Å². The van der Waals surface area contributed by atoms with Gasteiger partial charge in [0, 0.05) is 24.1 Å². The summed E-state index contributed by atoms with van der Waals surface area (Å²) in [5.74, 6) is 1.01. The summed E-state index contributed by atoms with van der Waals surface area (Å²) in [5.41, 5.74) is 3.65. The van der Waals surface area contributed by atoms with Crippen molar-refractivity contribution in [1.82, 2.24) is 4.90 Å². The Morgan fingerprint density at radius 3 is 2.64 bits per heavy atom. The SMILES string of the molecule is COC(=O)CC1COc2cc(OC3CCc4c3ccc(C(F)C(F)F)c4CN3CCCCC3)ccc21. The number of rotatable bonds is 8. The van der Waals surface area contributed by atoms with Gasteiger partial charge in [0.15, 0.2) is 6.17 Å². The number of likely N-dealkylation sites (tertiary alicyclic amines) is 1. The van der Waals surface area contributed by atoms with Gasteiger partial charge in [-0.2, -0.15) is 0 Å². The Hall–Kier alpha value is -2.74. The van der Waals surface area contributed by atoms with Gasteiger partial charge >= 0.3 is 5.97 Å². The lowest BCUT2D eigenvalue weighted by Gasteiger charge is -2.29. The van der Waals surface area contributed by atoms with Crippen LogP contribution in [0.1, 0.15) is 78.1 Å². The summed E-state index contributed by atoms with van der Waals surface area (Å²) in [6.45, 7) is 2.71. The number of alkyl halides is 3. The van der Waals surface area contributed by atoms with Crippen LogP contribution in [0, 0.1) is 0 Å². The maximum atomic E-state index is 14.6. The minimum atomic E-state index is -3.05. The van der Waals surface area contributed by atoms with Crippen molar-refractivity contribution in [2.24, 2.45) is 0 Å². The number of halogens is 3. The Labute approximate surface area is 209 Å². The zero-order valence-corrected chi connectivity index (χ0v) is 20.5. The average Bonchev–Trinajstić information content (AvgIpc) is 3.48. The molecule has 0 saturated carbocycles. The van der Waals surface area contributed by atoms with Gasteiger partial charge in [-0.3, -0.25) is 9.69 Å². The number of benzene rings is 2. The number of ether oxygens (including phenoxy) is 3. The highest BCUT2D eigenvalue weighted by atomic mass is 19.3. The summed E-state index contributed by atoms with van der Waals surface area (Å²) in [4.78, 5) is 13.9. The number of nitrogens with zero attached hydrogens (tertiary/aromatic N) is 1. The third kappa shape index (κ3) is 5.05. The Kier molecular flexibility index (Phi) is 7.42. The van der Waals surface area contributed by atoms with E-state index in [2.05, 4.69) is 4.90 Å². The number of carbonyl (C=O) groups excluding carboxylic acids is 1. The van der Waals surface area contributed by atoms with Gasteiger partial charge in [-0.1, -0.05) is 24.6 Å². The van der Waals surface area contributed by atoms with Gasteiger partial charge in [-0.25, -0.2) is 13.2 Å². The molecule has 0 N–H and O–H groups in total. The second-order valence-corrected chi connectivity index (χ2v) is 9.91. The summed E-state index contributed by atoms with van der Waals surface area (Å²) < 4.78 is 58.2. The first-order valence-corrected chi connectivity index (χ1v) is 12.7. The molecule has 0 radical (unpaired) electrons. The smallest absolute Gasteiger partial charge is 0.306 e. The van der Waals surface area contributed by atoms with Crippen molar-refractivity contribution in [1.29, 1.82) is 0 Å². The highest BCUT2D eigenvalue weighted by Crippen LogP contribution is 2.43. The molecule has 5 rings (SSSR count). The topological polar surface area (TPSA) is 48.0 Å². The van der Waals surface area contributed by atoms with Crippen LogP contribution in [0.15, 0.2) is 30.3 Å². The van der Waals surface area contributed by atoms with Crippen LogP contribution < -0.4 is 9.47 Å². The molecule has 1 fully saturated rings. The van der Waals surface area contributed by atoms with E-state index in [1.165, 1.54) is 19.6 Å². The second kappa shape index (κ2) is 10.7. The fraction of sp³-hybridized carbons (Fsp3) is 0.536. The molecule has 194 valence electrons. The lowest BCUT2D eigenvalue weighted by Crippen LogP contribution is -2.30. The van der Waals surface area contributed by atoms with E-state index in [1.807, 2.05) is 18.2 Å². The third-order valence-electron chi connectivity index (χ3n) is 7.64. The van der Waals surface area contributed by atoms with Crippen molar-refractivity contribution in [3.05, 3.63) is 58.1 Å². The van der Waals surface area contributed by atoms with Gasteiger partial charge in [0.25, 0.3) is 6.43 Å². The van der Waals surface area contributed by atoms with Crippen molar-refractivity contribution in [2.75, 3.05) is 26.8 Å². The first-order valence-electron chi connectivity index (χ1n) is 12.7. The zero-order valence-electron chi connectivity index (χ0n) is 20.5. The van der Waals surface area contributed by atoms with E-state index in [0.717, 1.165) is 42.6 Å². The Balaban J connectivity index is 1.37. The van der Waals surface area contributed by atoms with Gasteiger partial charge in [-0.05, 0) is 67.1 Å². The van der Waals surface area contributed by atoms with E-state index in [0.29, 0.717) is 43.1 Å². The highest BCUT2D eigenvalue weighted by Gasteiger charge is 2.33. The van der Waals surface area contributed by atoms with Gasteiger partial charge in [-0.15, -0.1) is 0 Å². The first-order chi connectivity index (χ1) is 17.4. The molecule has 1 saturated heterocycles. The molecule has 2 heterocycles. The van der Waals surface area contributed by atoms with E-state index < -0.39 is 12.6 Å². The van der Waals surface area contributed by atoms with Crippen molar-refractivity contribution < 1.29 is 32.2 Å². The summed E-state index contributed by atoms with van der Waals surface area (Å²) in [5, 5.41) is 0. The molecule has 3 unspecified atom stereocenters. The highest BCUT2D eigenvalue weighted by molar-refractivity contribution is 5.71. The van der Waals surface area contributed by atoms with Crippen LogP contribution in [0.3, 0.4) is 0 Å².